The van der Waals surface area contributed by atoms with E-state index in [0.717, 1.165) is 0 Å². The van der Waals surface area contributed by atoms with Crippen molar-refractivity contribution in [3.63, 3.8) is 0 Å². The fourth-order valence-electron chi connectivity index (χ4n) is 2.88. The maximum atomic E-state index is 12.4. The standard InChI is InChI=1S/C22H38O14/c1-5-9-15(25)33-20(30,19(29)14(24)13-23)21(31,34-16(26)10-6-2)22(32,35-17(27)11-7-3)36-18(28)12-8-4/h14,19,23-24,29-32H,5-13H2,1-4H3/t14-,19+,20-,21+/m0/s1. The first-order valence-corrected chi connectivity index (χ1v) is 11.7. The number of rotatable bonds is 17. The second-order valence-corrected chi connectivity index (χ2v) is 8.01. The Morgan fingerprint density at radius 3 is 1.31 bits per heavy atom. The molecule has 0 unspecified atom stereocenters. The Kier molecular flexibility index (Phi) is 14.0. The van der Waals surface area contributed by atoms with E-state index < -0.39 is 85.9 Å². The highest BCUT2D eigenvalue weighted by Gasteiger charge is 2.77. The topological polar surface area (TPSA) is 227 Å². The van der Waals surface area contributed by atoms with Crippen molar-refractivity contribution in [3.8, 4) is 0 Å². The van der Waals surface area contributed by atoms with Gasteiger partial charge in [-0.15, -0.1) is 0 Å². The fraction of sp³-hybridized carbons (Fsp3) is 0.818. The van der Waals surface area contributed by atoms with Gasteiger partial charge in [0.1, 0.15) is 6.10 Å². The summed E-state index contributed by atoms with van der Waals surface area (Å²) in [4.78, 5) is 49.4. The summed E-state index contributed by atoms with van der Waals surface area (Å²) in [6.07, 6.45) is -6.62. The number of hydrogen-bond donors (Lipinski definition) is 6. The highest BCUT2D eigenvalue weighted by Crippen LogP contribution is 2.42. The third-order valence-corrected chi connectivity index (χ3v) is 4.72. The van der Waals surface area contributed by atoms with Gasteiger partial charge in [-0.1, -0.05) is 27.7 Å². The predicted molar refractivity (Wildman–Crippen MR) is 118 cm³/mol. The van der Waals surface area contributed by atoms with E-state index in [-0.39, 0.29) is 25.7 Å². The molecule has 210 valence electrons. The molecule has 0 rings (SSSR count). The lowest BCUT2D eigenvalue weighted by atomic mass is 9.92. The predicted octanol–water partition coefficient (Wildman–Crippen LogP) is -0.903. The minimum atomic E-state index is -4.27. The molecule has 0 saturated heterocycles. The van der Waals surface area contributed by atoms with Gasteiger partial charge in [0.25, 0.3) is 0 Å². The van der Waals surface area contributed by atoms with Gasteiger partial charge in [-0.25, -0.2) is 0 Å². The van der Waals surface area contributed by atoms with Crippen LogP contribution in [0.15, 0.2) is 0 Å². The molecule has 14 heteroatoms. The van der Waals surface area contributed by atoms with E-state index in [9.17, 15) is 49.8 Å². The lowest BCUT2D eigenvalue weighted by molar-refractivity contribution is -0.513. The van der Waals surface area contributed by atoms with Crippen molar-refractivity contribution in [2.24, 2.45) is 0 Å². The van der Waals surface area contributed by atoms with E-state index in [1.54, 1.807) is 0 Å². The Balaban J connectivity index is 7.22. The molecule has 0 aliphatic carbocycles. The van der Waals surface area contributed by atoms with Gasteiger partial charge in [-0.05, 0) is 25.7 Å². The van der Waals surface area contributed by atoms with Gasteiger partial charge >= 0.3 is 41.4 Å². The first kappa shape index (κ1) is 33.6. The summed E-state index contributed by atoms with van der Waals surface area (Å²) >= 11 is 0. The number of carbonyl (C=O) groups excluding carboxylic acids is 4. The molecule has 36 heavy (non-hydrogen) atoms. The van der Waals surface area contributed by atoms with Gasteiger partial charge in [0.05, 0.1) is 6.61 Å². The Labute approximate surface area is 208 Å². The van der Waals surface area contributed by atoms with Crippen molar-refractivity contribution < 1.29 is 68.8 Å². The Morgan fingerprint density at radius 1 is 0.639 bits per heavy atom. The Bertz CT molecular complexity index is 720. The van der Waals surface area contributed by atoms with Crippen molar-refractivity contribution in [1.29, 1.82) is 0 Å². The van der Waals surface area contributed by atoms with E-state index in [1.807, 2.05) is 0 Å². The largest absolute Gasteiger partial charge is 0.451 e. The molecule has 0 fully saturated rings. The number of esters is 4. The summed E-state index contributed by atoms with van der Waals surface area (Å²) in [5.41, 5.74) is 0. The van der Waals surface area contributed by atoms with Gasteiger partial charge in [-0.2, -0.15) is 0 Å². The maximum absolute atomic E-state index is 12.4. The normalized spacial score (nSPS) is 16.6. The molecule has 0 amide bonds. The van der Waals surface area contributed by atoms with E-state index in [2.05, 4.69) is 0 Å². The van der Waals surface area contributed by atoms with Crippen LogP contribution in [-0.4, -0.2) is 90.9 Å². The molecule has 4 atom stereocenters. The van der Waals surface area contributed by atoms with Gasteiger partial charge in [0, 0.05) is 25.7 Å². The summed E-state index contributed by atoms with van der Waals surface area (Å²) in [6.45, 7) is 4.79. The SMILES string of the molecule is CCCC(=O)OC(O)(OC(=O)CCC)[C@](O)(OC(=O)CCC)[C@@](O)(OC(=O)CCC)[C@H](O)[C@@H](O)CO. The molecule has 0 heterocycles. The van der Waals surface area contributed by atoms with Crippen molar-refractivity contribution in [1.82, 2.24) is 0 Å². The van der Waals surface area contributed by atoms with Crippen LogP contribution in [0, 0.1) is 0 Å². The van der Waals surface area contributed by atoms with Crippen LogP contribution in [0.3, 0.4) is 0 Å². The molecule has 0 aromatic carbocycles. The number of hydrogen-bond acceptors (Lipinski definition) is 14. The molecule has 0 aliphatic heterocycles. The van der Waals surface area contributed by atoms with E-state index >= 15 is 0 Å². The lowest BCUT2D eigenvalue weighted by Gasteiger charge is -2.48. The smallest absolute Gasteiger partial charge is 0.422 e. The molecule has 0 aliphatic rings. The first-order chi connectivity index (χ1) is 16.7. The summed E-state index contributed by atoms with van der Waals surface area (Å²) in [5, 5.41) is 63.9. The molecule has 0 radical (unpaired) electrons. The summed E-state index contributed by atoms with van der Waals surface area (Å²) in [5.74, 6) is -17.8. The van der Waals surface area contributed by atoms with E-state index in [1.165, 1.54) is 27.7 Å². The second-order valence-electron chi connectivity index (χ2n) is 8.01. The van der Waals surface area contributed by atoms with Crippen LogP contribution >= 0.6 is 0 Å². The van der Waals surface area contributed by atoms with Crippen LogP contribution in [-0.2, 0) is 38.1 Å². The van der Waals surface area contributed by atoms with E-state index in [4.69, 9.17) is 18.9 Å². The molecular formula is C22H38O14. The zero-order chi connectivity index (χ0) is 28.2. The Morgan fingerprint density at radius 2 is 0.972 bits per heavy atom. The zero-order valence-corrected chi connectivity index (χ0v) is 21.0. The summed E-state index contributed by atoms with van der Waals surface area (Å²) in [6, 6.07) is 0. The number of aliphatic hydroxyl groups excluding tert-OH is 3. The van der Waals surface area contributed by atoms with E-state index in [0.29, 0.717) is 0 Å². The molecule has 0 spiro atoms. The van der Waals surface area contributed by atoms with Crippen LogP contribution in [0.5, 0.6) is 0 Å². The zero-order valence-electron chi connectivity index (χ0n) is 21.0. The minimum Gasteiger partial charge on any atom is -0.422 e. The second kappa shape index (κ2) is 15.0. The molecule has 6 N–H and O–H groups in total. The van der Waals surface area contributed by atoms with Gasteiger partial charge in [0.2, 0.25) is 0 Å². The molecule has 0 bridgehead atoms. The third-order valence-electron chi connectivity index (χ3n) is 4.72. The highest BCUT2D eigenvalue weighted by atomic mass is 16.9. The van der Waals surface area contributed by atoms with Gasteiger partial charge in [-0.3, -0.25) is 19.2 Å². The molecule has 0 aromatic rings. The monoisotopic (exact) mass is 526 g/mol. The summed E-state index contributed by atoms with van der Waals surface area (Å²) in [7, 11) is 0. The molecule has 0 aromatic heterocycles. The maximum Gasteiger partial charge on any atom is 0.451 e. The van der Waals surface area contributed by atoms with Crippen molar-refractivity contribution in [2.45, 2.75) is 109 Å². The highest BCUT2D eigenvalue weighted by molar-refractivity contribution is 5.73. The third kappa shape index (κ3) is 8.35. The van der Waals surface area contributed by atoms with Crippen molar-refractivity contribution >= 4 is 23.9 Å². The van der Waals surface area contributed by atoms with Crippen molar-refractivity contribution in [3.05, 3.63) is 0 Å². The number of aliphatic hydroxyl groups is 6. The quantitative estimate of drug-likeness (QED) is 0.0767. The minimum absolute atomic E-state index is 0.0917. The summed E-state index contributed by atoms with van der Waals surface area (Å²) < 4.78 is 19.0. The average Bonchev–Trinajstić information content (AvgIpc) is 2.77. The Hall–Kier alpha value is -2.36. The average molecular weight is 527 g/mol. The van der Waals surface area contributed by atoms with Crippen LogP contribution in [0.1, 0.15) is 79.1 Å². The van der Waals surface area contributed by atoms with Crippen LogP contribution < -0.4 is 0 Å². The molecule has 14 nitrogen and oxygen atoms in total. The molecular weight excluding hydrogens is 488 g/mol. The number of carbonyl (C=O) groups is 4. The first-order valence-electron chi connectivity index (χ1n) is 11.7. The van der Waals surface area contributed by atoms with Crippen LogP contribution in [0.2, 0.25) is 0 Å². The van der Waals surface area contributed by atoms with Crippen LogP contribution in [0.4, 0.5) is 0 Å². The van der Waals surface area contributed by atoms with Gasteiger partial charge in [0.15, 0.2) is 6.10 Å². The number of ether oxygens (including phenoxy) is 4. The van der Waals surface area contributed by atoms with Crippen molar-refractivity contribution in [2.75, 3.05) is 6.61 Å². The lowest BCUT2D eigenvalue weighted by Crippen LogP contribution is -2.78. The van der Waals surface area contributed by atoms with Crippen LogP contribution in [0.25, 0.3) is 0 Å². The van der Waals surface area contributed by atoms with Gasteiger partial charge < -0.3 is 49.6 Å². The fourth-order valence-corrected chi connectivity index (χ4v) is 2.88. The molecule has 0 saturated carbocycles.